The van der Waals surface area contributed by atoms with Gasteiger partial charge in [0.25, 0.3) is 0 Å². The van der Waals surface area contributed by atoms with Crippen molar-refractivity contribution in [3.63, 3.8) is 0 Å². The van der Waals surface area contributed by atoms with Crippen molar-refractivity contribution >= 4 is 11.7 Å². The number of hydrogen-bond donors (Lipinski definition) is 1. The zero-order valence-corrected chi connectivity index (χ0v) is 24.5. The van der Waals surface area contributed by atoms with Crippen molar-refractivity contribution in [3.8, 4) is 5.75 Å². The average Bonchev–Trinajstić information content (AvgIpc) is 3.76. The van der Waals surface area contributed by atoms with Gasteiger partial charge in [-0.05, 0) is 62.0 Å². The van der Waals surface area contributed by atoms with Gasteiger partial charge in [-0.3, -0.25) is 19.7 Å². The zero-order chi connectivity index (χ0) is 28.9. The lowest BCUT2D eigenvalue weighted by Gasteiger charge is -2.34. The van der Waals surface area contributed by atoms with Crippen LogP contribution < -0.4 is 10.5 Å². The fraction of sp³-hybridized carbons (Fsp3) is 0.613. The number of benzene rings is 1. The highest BCUT2D eigenvalue weighted by molar-refractivity contribution is 5.81. The van der Waals surface area contributed by atoms with E-state index in [0.717, 1.165) is 42.7 Å². The molecule has 3 atom stereocenters. The van der Waals surface area contributed by atoms with E-state index in [1.807, 2.05) is 20.8 Å². The topological polar surface area (TPSA) is 106 Å². The van der Waals surface area contributed by atoms with Crippen LogP contribution in [0.3, 0.4) is 0 Å². The molecule has 1 aromatic carbocycles. The Balaban J connectivity index is 1.00. The zero-order valence-electron chi connectivity index (χ0n) is 24.5. The summed E-state index contributed by atoms with van der Waals surface area (Å²) in [5.41, 5.74) is 8.02. The van der Waals surface area contributed by atoms with E-state index in [1.165, 1.54) is 25.3 Å². The standard InChI is InChI=1S/C31H43FN6O3/c1-20(2)31(33)36-41-21(3)37-12-6-22(7-13-37)26-16-23(26)9-15-40-25-5-4-24(27(32)18-25)17-30(39)38-14-8-28-29(19-38)35-11-10-34-28/h4-5,10-11,18,20-23,26H,6-9,12-17,19H2,1-3H3,(H2,33,36). The highest BCUT2D eigenvalue weighted by Crippen LogP contribution is 2.49. The minimum absolute atomic E-state index is 0.0222. The number of aromatic nitrogens is 2. The molecule has 41 heavy (non-hydrogen) atoms. The maximum Gasteiger partial charge on any atom is 0.227 e. The molecule has 2 aromatic rings. The van der Waals surface area contributed by atoms with Crippen LogP contribution in [0.2, 0.25) is 0 Å². The molecular formula is C31H43FN6O3. The number of nitrogens with two attached hydrogens (primary N) is 1. The summed E-state index contributed by atoms with van der Waals surface area (Å²) in [4.78, 5) is 31.2. The number of piperidine rings is 1. The normalized spacial score (nSPS) is 22.4. The van der Waals surface area contributed by atoms with E-state index in [2.05, 4.69) is 20.0 Å². The molecule has 1 aliphatic carbocycles. The molecular weight excluding hydrogens is 523 g/mol. The van der Waals surface area contributed by atoms with Gasteiger partial charge in [0.2, 0.25) is 5.91 Å². The molecule has 1 saturated heterocycles. The summed E-state index contributed by atoms with van der Waals surface area (Å²) in [5, 5.41) is 4.08. The summed E-state index contributed by atoms with van der Waals surface area (Å²) in [6, 6.07) is 4.84. The molecule has 3 heterocycles. The van der Waals surface area contributed by atoms with Gasteiger partial charge in [-0.25, -0.2) is 4.39 Å². The molecule has 2 fully saturated rings. The van der Waals surface area contributed by atoms with Gasteiger partial charge in [0.05, 0.1) is 31.0 Å². The smallest absolute Gasteiger partial charge is 0.227 e. The molecule has 5 rings (SSSR count). The molecule has 1 amide bonds. The number of oxime groups is 1. The third-order valence-electron chi connectivity index (χ3n) is 8.87. The molecule has 0 bridgehead atoms. The van der Waals surface area contributed by atoms with E-state index in [-0.39, 0.29) is 24.5 Å². The number of halogens is 1. The van der Waals surface area contributed by atoms with E-state index < -0.39 is 5.82 Å². The number of likely N-dealkylation sites (tertiary alicyclic amines) is 1. The largest absolute Gasteiger partial charge is 0.493 e. The Kier molecular flexibility index (Phi) is 9.37. The minimum Gasteiger partial charge on any atom is -0.493 e. The minimum atomic E-state index is -0.403. The SMILES string of the molecule is CC(C)C(N)=NOC(C)N1CCC(C2CC2CCOc2ccc(CC(=O)N3CCc4nccnc4C3)c(F)c2)CC1. The Morgan fingerprint density at radius 3 is 2.63 bits per heavy atom. The van der Waals surface area contributed by atoms with Gasteiger partial charge >= 0.3 is 0 Å². The molecule has 1 saturated carbocycles. The molecule has 0 spiro atoms. The van der Waals surface area contributed by atoms with Crippen LogP contribution in [0.4, 0.5) is 4.39 Å². The number of carbonyl (C=O) groups is 1. The Morgan fingerprint density at radius 1 is 1.15 bits per heavy atom. The quantitative estimate of drug-likeness (QED) is 0.247. The number of hydrogen-bond acceptors (Lipinski definition) is 7. The third kappa shape index (κ3) is 7.52. The lowest BCUT2D eigenvalue weighted by atomic mass is 9.90. The first-order valence-electron chi connectivity index (χ1n) is 15.0. The fourth-order valence-corrected chi connectivity index (χ4v) is 6.01. The molecule has 2 aliphatic heterocycles. The lowest BCUT2D eigenvalue weighted by Crippen LogP contribution is -2.41. The van der Waals surface area contributed by atoms with Crippen molar-refractivity contribution in [1.82, 2.24) is 19.8 Å². The van der Waals surface area contributed by atoms with E-state index in [4.69, 9.17) is 15.3 Å². The van der Waals surface area contributed by atoms with Crippen LogP contribution in [0.15, 0.2) is 35.7 Å². The predicted octanol–water partition coefficient (Wildman–Crippen LogP) is 4.15. The van der Waals surface area contributed by atoms with Gasteiger partial charge in [0.1, 0.15) is 17.4 Å². The van der Waals surface area contributed by atoms with Crippen LogP contribution in [0.1, 0.15) is 63.4 Å². The molecule has 222 valence electrons. The van der Waals surface area contributed by atoms with Crippen LogP contribution in [-0.4, -0.2) is 64.0 Å². The van der Waals surface area contributed by atoms with Gasteiger partial charge < -0.3 is 20.2 Å². The first-order chi connectivity index (χ1) is 19.8. The molecule has 0 radical (unpaired) electrons. The number of nitrogens with zero attached hydrogens (tertiary/aromatic N) is 5. The van der Waals surface area contributed by atoms with Crippen molar-refractivity contribution in [1.29, 1.82) is 0 Å². The first kappa shape index (κ1) is 29.2. The van der Waals surface area contributed by atoms with E-state index in [0.29, 0.717) is 49.2 Å². The van der Waals surface area contributed by atoms with Crippen molar-refractivity contribution in [2.24, 2.45) is 34.6 Å². The van der Waals surface area contributed by atoms with Crippen molar-refractivity contribution in [2.75, 3.05) is 26.2 Å². The van der Waals surface area contributed by atoms with Crippen LogP contribution >= 0.6 is 0 Å². The number of amides is 1. The van der Waals surface area contributed by atoms with Crippen LogP contribution in [0.5, 0.6) is 5.75 Å². The molecule has 1 aromatic heterocycles. The number of carbonyl (C=O) groups excluding carboxylic acids is 1. The van der Waals surface area contributed by atoms with Gasteiger partial charge in [0, 0.05) is 50.4 Å². The van der Waals surface area contributed by atoms with Crippen LogP contribution in [-0.2, 0) is 29.0 Å². The van der Waals surface area contributed by atoms with Crippen LogP contribution in [0.25, 0.3) is 0 Å². The Morgan fingerprint density at radius 2 is 1.90 bits per heavy atom. The van der Waals surface area contributed by atoms with Gasteiger partial charge in [-0.15, -0.1) is 0 Å². The van der Waals surface area contributed by atoms with Gasteiger partial charge in [-0.1, -0.05) is 25.1 Å². The summed E-state index contributed by atoms with van der Waals surface area (Å²) in [5.74, 6) is 2.88. The van der Waals surface area contributed by atoms with E-state index >= 15 is 0 Å². The highest BCUT2D eigenvalue weighted by Gasteiger charge is 2.43. The number of rotatable bonds is 11. The second-order valence-corrected chi connectivity index (χ2v) is 12.0. The number of fused-ring (bicyclic) bond motifs is 1. The number of ether oxygens (including phenoxy) is 1. The highest BCUT2D eigenvalue weighted by atomic mass is 19.1. The summed E-state index contributed by atoms with van der Waals surface area (Å²) in [7, 11) is 0. The predicted molar refractivity (Wildman–Crippen MR) is 154 cm³/mol. The Bertz CT molecular complexity index is 1230. The average molecular weight is 567 g/mol. The number of amidine groups is 1. The molecule has 3 aliphatic rings. The van der Waals surface area contributed by atoms with E-state index in [9.17, 15) is 9.18 Å². The summed E-state index contributed by atoms with van der Waals surface area (Å²) >= 11 is 0. The van der Waals surface area contributed by atoms with Crippen LogP contribution in [0, 0.1) is 29.5 Å². The summed E-state index contributed by atoms with van der Waals surface area (Å²) < 4.78 is 20.7. The monoisotopic (exact) mass is 566 g/mol. The molecule has 9 nitrogen and oxygen atoms in total. The van der Waals surface area contributed by atoms with E-state index in [1.54, 1.807) is 29.4 Å². The summed E-state index contributed by atoms with van der Waals surface area (Å²) in [6.07, 6.45) is 8.49. The second kappa shape index (κ2) is 13.1. The second-order valence-electron chi connectivity index (χ2n) is 12.0. The Labute approximate surface area is 242 Å². The first-order valence-corrected chi connectivity index (χ1v) is 15.0. The van der Waals surface area contributed by atoms with Gasteiger partial charge in [0.15, 0.2) is 6.23 Å². The lowest BCUT2D eigenvalue weighted by molar-refractivity contribution is -0.131. The molecule has 2 N–H and O–H groups in total. The van der Waals surface area contributed by atoms with Crippen molar-refractivity contribution in [3.05, 3.63) is 53.4 Å². The third-order valence-corrected chi connectivity index (χ3v) is 8.87. The maximum atomic E-state index is 14.8. The van der Waals surface area contributed by atoms with Crippen molar-refractivity contribution in [2.45, 2.75) is 72.1 Å². The summed E-state index contributed by atoms with van der Waals surface area (Å²) in [6.45, 7) is 9.62. The molecule has 10 heteroatoms. The maximum absolute atomic E-state index is 14.8. The fourth-order valence-electron chi connectivity index (χ4n) is 6.01. The van der Waals surface area contributed by atoms with Crippen molar-refractivity contribution < 1.29 is 18.8 Å². The molecule has 3 unspecified atom stereocenters. The van der Waals surface area contributed by atoms with Gasteiger partial charge in [-0.2, -0.15) is 0 Å². The Hall–Kier alpha value is -3.27.